The molecule has 0 saturated carbocycles. The van der Waals surface area contributed by atoms with Crippen molar-refractivity contribution in [2.24, 2.45) is 5.10 Å². The molecule has 0 radical (unpaired) electrons. The van der Waals surface area contributed by atoms with Gasteiger partial charge in [0.15, 0.2) is 0 Å². The first-order chi connectivity index (χ1) is 12.4. The van der Waals surface area contributed by atoms with Gasteiger partial charge in [-0.1, -0.05) is 29.8 Å². The molecule has 0 aromatic heterocycles. The van der Waals surface area contributed by atoms with Crippen LogP contribution in [0.2, 0.25) is 0 Å². The van der Waals surface area contributed by atoms with Crippen molar-refractivity contribution in [2.75, 3.05) is 18.9 Å². The Bertz CT molecular complexity index is 844. The summed E-state index contributed by atoms with van der Waals surface area (Å²) < 4.78 is 0. The van der Waals surface area contributed by atoms with E-state index in [4.69, 9.17) is 0 Å². The Morgan fingerprint density at radius 3 is 2.65 bits per heavy atom. The van der Waals surface area contributed by atoms with Crippen LogP contribution >= 0.6 is 0 Å². The molecule has 0 aliphatic carbocycles. The number of aryl methyl sites for hydroxylation is 3. The maximum atomic E-state index is 12.2. The van der Waals surface area contributed by atoms with Crippen LogP contribution in [0.3, 0.4) is 0 Å². The summed E-state index contributed by atoms with van der Waals surface area (Å²) in [7, 11) is 1.97. The van der Waals surface area contributed by atoms with Gasteiger partial charge < -0.3 is 10.6 Å². The van der Waals surface area contributed by atoms with Gasteiger partial charge in [0.25, 0.3) is 0 Å². The topological polar surface area (TPSA) is 56.7 Å². The van der Waals surface area contributed by atoms with E-state index in [0.29, 0.717) is 12.5 Å². The van der Waals surface area contributed by atoms with E-state index in [0.717, 1.165) is 23.4 Å². The van der Waals surface area contributed by atoms with E-state index in [1.807, 2.05) is 30.4 Å². The van der Waals surface area contributed by atoms with Crippen molar-refractivity contribution in [1.82, 2.24) is 10.3 Å². The molecule has 2 amide bonds. The second-order valence-electron chi connectivity index (χ2n) is 7.02. The van der Waals surface area contributed by atoms with E-state index >= 15 is 0 Å². The summed E-state index contributed by atoms with van der Waals surface area (Å²) in [5, 5.41) is 12.1. The lowest BCUT2D eigenvalue weighted by Gasteiger charge is -2.15. The van der Waals surface area contributed by atoms with Crippen molar-refractivity contribution in [3.63, 3.8) is 0 Å². The average Bonchev–Trinajstić information content (AvgIpc) is 3.02. The molecule has 26 heavy (non-hydrogen) atoms. The second kappa shape index (κ2) is 7.60. The van der Waals surface area contributed by atoms with Crippen LogP contribution in [-0.2, 0) is 6.54 Å². The zero-order valence-electron chi connectivity index (χ0n) is 15.8. The highest BCUT2D eigenvalue weighted by Crippen LogP contribution is 2.25. The lowest BCUT2D eigenvalue weighted by molar-refractivity contribution is 0.251. The number of nitrogens with zero attached hydrogens (tertiary/aromatic N) is 2. The Kier molecular flexibility index (Phi) is 5.26. The molecule has 5 nitrogen and oxygen atoms in total. The summed E-state index contributed by atoms with van der Waals surface area (Å²) in [5.74, 6) is 0.312. The smallest absolute Gasteiger partial charge is 0.319 e. The van der Waals surface area contributed by atoms with Crippen molar-refractivity contribution < 1.29 is 4.79 Å². The molecule has 1 unspecified atom stereocenters. The Morgan fingerprint density at radius 2 is 1.96 bits per heavy atom. The molecule has 136 valence electrons. The fraction of sp³-hybridized carbons (Fsp3) is 0.333. The Balaban J connectivity index is 1.60. The van der Waals surface area contributed by atoms with E-state index in [2.05, 4.69) is 60.8 Å². The first-order valence-electron chi connectivity index (χ1n) is 8.89. The van der Waals surface area contributed by atoms with E-state index < -0.39 is 0 Å². The van der Waals surface area contributed by atoms with Crippen molar-refractivity contribution in [2.45, 2.75) is 33.2 Å². The van der Waals surface area contributed by atoms with E-state index in [-0.39, 0.29) is 6.03 Å². The number of hydrogen-bond acceptors (Lipinski definition) is 3. The molecule has 1 heterocycles. The minimum Gasteiger partial charge on any atom is -0.334 e. The number of nitrogens with one attached hydrogen (secondary N) is 2. The Labute approximate surface area is 155 Å². The lowest BCUT2D eigenvalue weighted by atomic mass is 9.96. The summed E-state index contributed by atoms with van der Waals surface area (Å²) >= 11 is 0. The highest BCUT2D eigenvalue weighted by atomic mass is 16.2. The van der Waals surface area contributed by atoms with Gasteiger partial charge in [0.1, 0.15) is 0 Å². The van der Waals surface area contributed by atoms with Gasteiger partial charge in [-0.2, -0.15) is 5.10 Å². The number of carbonyl (C=O) groups is 1. The maximum absolute atomic E-state index is 12.2. The SMILES string of the molecule is Cc1ccc(C)c(CNC(=O)Nc2ccc(C3C=NN(C)C3)c(C)c2)c1. The summed E-state index contributed by atoms with van der Waals surface area (Å²) in [4.78, 5) is 12.2. The minimum atomic E-state index is -0.194. The van der Waals surface area contributed by atoms with Crippen LogP contribution in [0.5, 0.6) is 0 Å². The quantitative estimate of drug-likeness (QED) is 0.877. The van der Waals surface area contributed by atoms with Crippen molar-refractivity contribution in [1.29, 1.82) is 0 Å². The Hall–Kier alpha value is -2.82. The van der Waals surface area contributed by atoms with Gasteiger partial charge in [0, 0.05) is 38.0 Å². The maximum Gasteiger partial charge on any atom is 0.319 e. The van der Waals surface area contributed by atoms with Gasteiger partial charge in [0.2, 0.25) is 0 Å². The van der Waals surface area contributed by atoms with Crippen LogP contribution in [0.4, 0.5) is 10.5 Å². The standard InChI is InChI=1S/C21H26N4O/c1-14-5-6-15(2)17(9-14)11-22-21(26)24-19-7-8-20(16(3)10-19)18-12-23-25(4)13-18/h5-10,12,18H,11,13H2,1-4H3,(H2,22,24,26). The van der Waals surface area contributed by atoms with Crippen molar-refractivity contribution in [3.8, 4) is 0 Å². The van der Waals surface area contributed by atoms with E-state index in [1.165, 1.54) is 16.7 Å². The molecule has 1 aliphatic rings. The molecular formula is C21H26N4O. The highest BCUT2D eigenvalue weighted by molar-refractivity contribution is 5.89. The van der Waals surface area contributed by atoms with Crippen LogP contribution in [0.15, 0.2) is 41.5 Å². The molecule has 0 spiro atoms. The third-order valence-corrected chi connectivity index (χ3v) is 4.78. The molecule has 3 rings (SSSR count). The van der Waals surface area contributed by atoms with Gasteiger partial charge in [0.05, 0.1) is 0 Å². The lowest BCUT2D eigenvalue weighted by Crippen LogP contribution is -2.28. The number of likely N-dealkylation sites (N-methyl/N-ethyl adjacent to an activating group) is 1. The number of carbonyl (C=O) groups excluding carboxylic acids is 1. The van der Waals surface area contributed by atoms with Gasteiger partial charge >= 0.3 is 6.03 Å². The largest absolute Gasteiger partial charge is 0.334 e. The van der Waals surface area contributed by atoms with Crippen molar-refractivity contribution >= 4 is 17.9 Å². The predicted molar refractivity (Wildman–Crippen MR) is 107 cm³/mol. The molecule has 2 aromatic carbocycles. The van der Waals surface area contributed by atoms with Gasteiger partial charge in [-0.05, 0) is 55.2 Å². The third kappa shape index (κ3) is 4.23. The molecule has 0 fully saturated rings. The Morgan fingerprint density at radius 1 is 1.15 bits per heavy atom. The van der Waals surface area contributed by atoms with Gasteiger partial charge in [-0.3, -0.25) is 5.01 Å². The number of benzene rings is 2. The first kappa shape index (κ1) is 18.0. The molecule has 2 aromatic rings. The van der Waals surface area contributed by atoms with Gasteiger partial charge in [-0.15, -0.1) is 0 Å². The third-order valence-electron chi connectivity index (χ3n) is 4.78. The van der Waals surface area contributed by atoms with E-state index in [9.17, 15) is 4.79 Å². The minimum absolute atomic E-state index is 0.194. The number of hydrazone groups is 1. The molecule has 1 aliphatic heterocycles. The summed E-state index contributed by atoms with van der Waals surface area (Å²) in [5.41, 5.74) is 6.72. The molecule has 0 bridgehead atoms. The number of anilines is 1. The van der Waals surface area contributed by atoms with Crippen LogP contribution in [-0.4, -0.2) is 30.8 Å². The molecule has 0 saturated heterocycles. The van der Waals surface area contributed by atoms with Crippen LogP contribution < -0.4 is 10.6 Å². The monoisotopic (exact) mass is 350 g/mol. The van der Waals surface area contributed by atoms with Crippen LogP contribution in [0, 0.1) is 20.8 Å². The fourth-order valence-corrected chi connectivity index (χ4v) is 3.26. The predicted octanol–water partition coefficient (Wildman–Crippen LogP) is 3.95. The van der Waals surface area contributed by atoms with Crippen molar-refractivity contribution in [3.05, 3.63) is 64.2 Å². The molecule has 5 heteroatoms. The van der Waals surface area contributed by atoms with Crippen LogP contribution in [0.25, 0.3) is 0 Å². The van der Waals surface area contributed by atoms with Gasteiger partial charge in [-0.25, -0.2) is 4.79 Å². The first-order valence-corrected chi connectivity index (χ1v) is 8.89. The number of amides is 2. The summed E-state index contributed by atoms with van der Waals surface area (Å²) in [6.45, 7) is 7.59. The molecular weight excluding hydrogens is 324 g/mol. The number of urea groups is 1. The summed E-state index contributed by atoms with van der Waals surface area (Å²) in [6.07, 6.45) is 1.98. The fourth-order valence-electron chi connectivity index (χ4n) is 3.26. The number of rotatable bonds is 4. The molecule has 2 N–H and O–H groups in total. The highest BCUT2D eigenvalue weighted by Gasteiger charge is 2.18. The second-order valence-corrected chi connectivity index (χ2v) is 7.02. The zero-order chi connectivity index (χ0) is 18.7. The normalized spacial score (nSPS) is 16.0. The van der Waals surface area contributed by atoms with E-state index in [1.54, 1.807) is 0 Å². The summed E-state index contributed by atoms with van der Waals surface area (Å²) in [6, 6.07) is 12.1. The number of hydrogen-bond donors (Lipinski definition) is 2. The van der Waals surface area contributed by atoms with Crippen LogP contribution in [0.1, 0.15) is 33.7 Å². The average molecular weight is 350 g/mol. The molecule has 1 atom stereocenters. The zero-order valence-corrected chi connectivity index (χ0v) is 15.8.